The number of benzene rings is 3. The van der Waals surface area contributed by atoms with Gasteiger partial charge >= 0.3 is 0 Å². The monoisotopic (exact) mass is 332 g/mol. The van der Waals surface area contributed by atoms with E-state index in [1.54, 1.807) is 24.3 Å². The topological polar surface area (TPSA) is 34.1 Å². The highest BCUT2D eigenvalue weighted by molar-refractivity contribution is 6.06. The molecule has 0 aliphatic heterocycles. The highest BCUT2D eigenvalue weighted by Crippen LogP contribution is 2.26. The zero-order valence-electron chi connectivity index (χ0n) is 13.6. The van der Waals surface area contributed by atoms with Crippen LogP contribution in [-0.2, 0) is 0 Å². The van der Waals surface area contributed by atoms with Gasteiger partial charge in [-0.2, -0.15) is 0 Å². The summed E-state index contributed by atoms with van der Waals surface area (Å²) in [4.78, 5) is 25.6. The molecule has 0 radical (unpaired) electrons. The Kier molecular flexibility index (Phi) is 5.14. The molecule has 0 aliphatic rings. The van der Waals surface area contributed by atoms with Crippen molar-refractivity contribution in [1.29, 1.82) is 0 Å². The number of Topliss-reactive ketones (excluding diaryl/α,β-unsaturated/α-hetero) is 2. The standard InChI is InChI=1S/C22H17FO2/c23-19-13-11-17(12-14-19)21(24)15-20(16-7-3-1-4-8-16)22(25)18-9-5-2-6-10-18/h1-14,20H,15H2. The number of carbonyl (C=O) groups excluding carboxylic acids is 2. The maximum atomic E-state index is 13.1. The summed E-state index contributed by atoms with van der Waals surface area (Å²) in [6.07, 6.45) is 0.0450. The minimum absolute atomic E-state index is 0.0450. The third-order valence-electron chi connectivity index (χ3n) is 4.13. The lowest BCUT2D eigenvalue weighted by molar-refractivity contribution is 0.0893. The Hall–Kier alpha value is -3.07. The molecule has 0 N–H and O–H groups in total. The van der Waals surface area contributed by atoms with Crippen LogP contribution >= 0.6 is 0 Å². The molecule has 124 valence electrons. The molecule has 3 rings (SSSR count). The Bertz CT molecular complexity index is 856. The Morgan fingerprint density at radius 3 is 1.88 bits per heavy atom. The summed E-state index contributed by atoms with van der Waals surface area (Å²) in [6.45, 7) is 0. The van der Waals surface area contributed by atoms with Crippen molar-refractivity contribution >= 4 is 11.6 Å². The number of carbonyl (C=O) groups is 2. The Labute approximate surface area is 145 Å². The van der Waals surface area contributed by atoms with Gasteiger partial charge in [0.2, 0.25) is 0 Å². The van der Waals surface area contributed by atoms with Gasteiger partial charge in [-0.15, -0.1) is 0 Å². The van der Waals surface area contributed by atoms with Crippen LogP contribution in [-0.4, -0.2) is 11.6 Å². The maximum absolute atomic E-state index is 13.1. The van der Waals surface area contributed by atoms with Crippen LogP contribution in [0.2, 0.25) is 0 Å². The van der Waals surface area contributed by atoms with Crippen LogP contribution in [0.15, 0.2) is 84.9 Å². The van der Waals surface area contributed by atoms with Crippen LogP contribution < -0.4 is 0 Å². The van der Waals surface area contributed by atoms with Crippen molar-refractivity contribution < 1.29 is 14.0 Å². The van der Waals surface area contributed by atoms with Crippen molar-refractivity contribution in [1.82, 2.24) is 0 Å². The second-order valence-electron chi connectivity index (χ2n) is 5.83. The van der Waals surface area contributed by atoms with Crippen LogP contribution in [0.1, 0.15) is 38.6 Å². The number of halogens is 1. The lowest BCUT2D eigenvalue weighted by atomic mass is 9.85. The largest absolute Gasteiger partial charge is 0.294 e. The summed E-state index contributed by atoms with van der Waals surface area (Å²) < 4.78 is 13.1. The summed E-state index contributed by atoms with van der Waals surface area (Å²) in [7, 11) is 0. The van der Waals surface area contributed by atoms with Crippen molar-refractivity contribution in [3.05, 3.63) is 107 Å². The lowest BCUT2D eigenvalue weighted by Gasteiger charge is -2.16. The van der Waals surface area contributed by atoms with Crippen LogP contribution in [0, 0.1) is 5.82 Å². The second kappa shape index (κ2) is 7.67. The van der Waals surface area contributed by atoms with Crippen LogP contribution in [0.5, 0.6) is 0 Å². The van der Waals surface area contributed by atoms with E-state index in [1.807, 2.05) is 36.4 Å². The molecule has 3 heteroatoms. The zero-order chi connectivity index (χ0) is 17.6. The Morgan fingerprint density at radius 2 is 1.28 bits per heavy atom. The van der Waals surface area contributed by atoms with Gasteiger partial charge in [0.05, 0.1) is 5.92 Å². The fourth-order valence-electron chi connectivity index (χ4n) is 2.79. The SMILES string of the molecule is O=C(CC(C(=O)c1ccccc1)c1ccccc1)c1ccc(F)cc1. The van der Waals surface area contributed by atoms with Gasteiger partial charge in [0, 0.05) is 17.5 Å². The van der Waals surface area contributed by atoms with E-state index in [1.165, 1.54) is 24.3 Å². The summed E-state index contributed by atoms with van der Waals surface area (Å²) >= 11 is 0. The van der Waals surface area contributed by atoms with Crippen molar-refractivity contribution in [3.63, 3.8) is 0 Å². The van der Waals surface area contributed by atoms with Crippen molar-refractivity contribution in [2.24, 2.45) is 0 Å². The summed E-state index contributed by atoms with van der Waals surface area (Å²) in [6, 6.07) is 23.6. The molecule has 0 heterocycles. The third kappa shape index (κ3) is 4.07. The van der Waals surface area contributed by atoms with Gasteiger partial charge in [0.25, 0.3) is 0 Å². The Balaban J connectivity index is 1.90. The summed E-state index contributed by atoms with van der Waals surface area (Å²) in [5.74, 6) is -1.24. The van der Waals surface area contributed by atoms with Crippen molar-refractivity contribution in [2.45, 2.75) is 12.3 Å². The normalized spacial score (nSPS) is 11.7. The van der Waals surface area contributed by atoms with E-state index >= 15 is 0 Å². The first-order valence-electron chi connectivity index (χ1n) is 8.08. The molecule has 1 unspecified atom stereocenters. The zero-order valence-corrected chi connectivity index (χ0v) is 13.6. The van der Waals surface area contributed by atoms with E-state index in [4.69, 9.17) is 0 Å². The predicted octanol–water partition coefficient (Wildman–Crippen LogP) is 5.07. The Morgan fingerprint density at radius 1 is 0.720 bits per heavy atom. The number of rotatable bonds is 6. The third-order valence-corrected chi connectivity index (χ3v) is 4.13. The molecule has 0 saturated heterocycles. The molecular weight excluding hydrogens is 315 g/mol. The molecule has 0 fully saturated rings. The molecule has 25 heavy (non-hydrogen) atoms. The molecule has 3 aromatic rings. The molecule has 0 aliphatic carbocycles. The molecule has 0 aromatic heterocycles. The minimum Gasteiger partial charge on any atom is -0.294 e. The molecule has 3 aromatic carbocycles. The minimum atomic E-state index is -0.568. The smallest absolute Gasteiger partial charge is 0.170 e. The van der Waals surface area contributed by atoms with E-state index < -0.39 is 11.7 Å². The average Bonchev–Trinajstić information content (AvgIpc) is 2.67. The van der Waals surface area contributed by atoms with E-state index in [0.29, 0.717) is 11.1 Å². The predicted molar refractivity (Wildman–Crippen MR) is 95.3 cm³/mol. The first kappa shape index (κ1) is 16.8. The van der Waals surface area contributed by atoms with Crippen LogP contribution in [0.3, 0.4) is 0 Å². The van der Waals surface area contributed by atoms with E-state index in [9.17, 15) is 14.0 Å². The molecule has 0 saturated carbocycles. The summed E-state index contributed by atoms with van der Waals surface area (Å²) in [5, 5.41) is 0. The van der Waals surface area contributed by atoms with E-state index in [-0.39, 0.29) is 18.0 Å². The first-order valence-corrected chi connectivity index (χ1v) is 8.08. The molecule has 1 atom stereocenters. The van der Waals surface area contributed by atoms with Crippen LogP contribution in [0.25, 0.3) is 0 Å². The second-order valence-corrected chi connectivity index (χ2v) is 5.83. The van der Waals surface area contributed by atoms with Crippen molar-refractivity contribution in [2.75, 3.05) is 0 Å². The maximum Gasteiger partial charge on any atom is 0.170 e. The summed E-state index contributed by atoms with van der Waals surface area (Å²) in [5.41, 5.74) is 1.78. The molecule has 2 nitrogen and oxygen atoms in total. The fourth-order valence-corrected chi connectivity index (χ4v) is 2.79. The first-order chi connectivity index (χ1) is 12.1. The number of hydrogen-bond acceptors (Lipinski definition) is 2. The fraction of sp³-hybridized carbons (Fsp3) is 0.0909. The average molecular weight is 332 g/mol. The van der Waals surface area contributed by atoms with Crippen LogP contribution in [0.4, 0.5) is 4.39 Å². The molecular formula is C22H17FO2. The van der Waals surface area contributed by atoms with Gasteiger partial charge in [0.15, 0.2) is 11.6 Å². The highest BCUT2D eigenvalue weighted by atomic mass is 19.1. The van der Waals surface area contributed by atoms with E-state index in [2.05, 4.69) is 0 Å². The van der Waals surface area contributed by atoms with Crippen molar-refractivity contribution in [3.8, 4) is 0 Å². The molecule has 0 amide bonds. The molecule has 0 spiro atoms. The lowest BCUT2D eigenvalue weighted by Crippen LogP contribution is -2.17. The van der Waals surface area contributed by atoms with Gasteiger partial charge in [-0.25, -0.2) is 4.39 Å². The van der Waals surface area contributed by atoms with Gasteiger partial charge < -0.3 is 0 Å². The highest BCUT2D eigenvalue weighted by Gasteiger charge is 2.25. The number of hydrogen-bond donors (Lipinski definition) is 0. The number of ketones is 2. The van der Waals surface area contributed by atoms with E-state index in [0.717, 1.165) is 5.56 Å². The van der Waals surface area contributed by atoms with Gasteiger partial charge in [0.1, 0.15) is 5.82 Å². The van der Waals surface area contributed by atoms with Gasteiger partial charge in [-0.3, -0.25) is 9.59 Å². The van der Waals surface area contributed by atoms with Gasteiger partial charge in [-0.1, -0.05) is 60.7 Å². The van der Waals surface area contributed by atoms with Gasteiger partial charge in [-0.05, 0) is 29.8 Å². The molecule has 0 bridgehead atoms. The quantitative estimate of drug-likeness (QED) is 0.591.